The van der Waals surface area contributed by atoms with Gasteiger partial charge in [0.1, 0.15) is 5.94 Å². The van der Waals surface area contributed by atoms with Crippen LogP contribution in [-0.2, 0) is 4.79 Å². The van der Waals surface area contributed by atoms with Crippen LogP contribution in [0.5, 0.6) is 0 Å². The van der Waals surface area contributed by atoms with Gasteiger partial charge in [0.05, 0.1) is 0 Å². The van der Waals surface area contributed by atoms with Gasteiger partial charge in [0.15, 0.2) is 0 Å². The lowest BCUT2D eigenvalue weighted by atomic mass is 10.3. The molecule has 0 unspecified atom stereocenters. The Labute approximate surface area is 52.9 Å². The molecule has 1 aromatic rings. The van der Waals surface area contributed by atoms with Crippen LogP contribution in [0.4, 0.5) is 0 Å². The minimum absolute atomic E-state index is 0.833. The van der Waals surface area contributed by atoms with Crippen molar-refractivity contribution in [3.8, 4) is 0 Å². The Morgan fingerprint density at radius 1 is 1.44 bits per heavy atom. The Kier molecular flexibility index (Phi) is 1.78. The molecule has 0 amide bonds. The summed E-state index contributed by atoms with van der Waals surface area (Å²) in [5, 5.41) is 0. The molecular weight excluding hydrogens is 114 g/mol. The van der Waals surface area contributed by atoms with Crippen LogP contribution in [0.3, 0.4) is 0 Å². The summed E-state index contributed by atoms with van der Waals surface area (Å²) in [7, 11) is 0. The van der Waals surface area contributed by atoms with Gasteiger partial charge in [-0.15, -0.1) is 0 Å². The van der Waals surface area contributed by atoms with Gasteiger partial charge in [0, 0.05) is 18.5 Å². The third-order valence-electron chi connectivity index (χ3n) is 0.932. The van der Waals surface area contributed by atoms with E-state index in [1.807, 2.05) is 0 Å². The highest BCUT2D eigenvalue weighted by Gasteiger charge is 1.79. The minimum atomic E-state index is 0.833. The van der Waals surface area contributed by atoms with E-state index in [-0.39, 0.29) is 0 Å². The first-order chi connectivity index (χ1) is 4.43. The standard InChI is InChI=1S/C7H5NO/c9-6-3-7-1-4-8-5-2-7/h1-5H. The van der Waals surface area contributed by atoms with Gasteiger partial charge in [0.25, 0.3) is 0 Å². The molecular formula is C7H5NO. The van der Waals surface area contributed by atoms with E-state index in [9.17, 15) is 4.79 Å². The molecule has 1 aromatic heterocycles. The summed E-state index contributed by atoms with van der Waals surface area (Å²) in [5.74, 6) is 1.68. The zero-order valence-electron chi connectivity index (χ0n) is 4.74. The maximum absolute atomic E-state index is 9.77. The third-order valence-corrected chi connectivity index (χ3v) is 0.932. The maximum atomic E-state index is 9.77. The molecule has 0 aliphatic heterocycles. The molecule has 0 saturated carbocycles. The van der Waals surface area contributed by atoms with Crippen molar-refractivity contribution in [1.82, 2.24) is 4.98 Å². The van der Waals surface area contributed by atoms with Crippen molar-refractivity contribution in [2.24, 2.45) is 0 Å². The Hall–Kier alpha value is -1.40. The fourth-order valence-electron chi connectivity index (χ4n) is 0.528. The van der Waals surface area contributed by atoms with E-state index in [0.717, 1.165) is 5.56 Å². The lowest BCUT2D eigenvalue weighted by Gasteiger charge is -1.83. The summed E-state index contributed by atoms with van der Waals surface area (Å²) in [5.41, 5.74) is 0.833. The number of aromatic nitrogens is 1. The van der Waals surface area contributed by atoms with Gasteiger partial charge < -0.3 is 0 Å². The molecule has 2 nitrogen and oxygen atoms in total. The summed E-state index contributed by atoms with van der Waals surface area (Å²) >= 11 is 0. The van der Waals surface area contributed by atoms with Crippen molar-refractivity contribution in [1.29, 1.82) is 0 Å². The fraction of sp³-hybridized carbons (Fsp3) is 0. The Bertz CT molecular complexity index is 224. The first-order valence-corrected chi connectivity index (χ1v) is 2.54. The molecule has 0 aromatic carbocycles. The molecule has 0 N–H and O–H groups in total. The Morgan fingerprint density at radius 3 is 2.67 bits per heavy atom. The minimum Gasteiger partial charge on any atom is -0.265 e. The highest BCUT2D eigenvalue weighted by Crippen LogP contribution is 1.94. The molecule has 44 valence electrons. The maximum Gasteiger partial charge on any atom is 0.125 e. The Balaban J connectivity index is 2.97. The van der Waals surface area contributed by atoms with Crippen molar-refractivity contribution in [3.05, 3.63) is 30.1 Å². The van der Waals surface area contributed by atoms with E-state index < -0.39 is 0 Å². The van der Waals surface area contributed by atoms with Crippen molar-refractivity contribution >= 4 is 12.0 Å². The molecule has 0 aliphatic carbocycles. The normalized spacial score (nSPS) is 8.00. The second-order valence-corrected chi connectivity index (χ2v) is 1.54. The smallest absolute Gasteiger partial charge is 0.125 e. The molecule has 0 aliphatic rings. The SMILES string of the molecule is O=C=Cc1ccncc1. The van der Waals surface area contributed by atoms with Crippen LogP contribution in [-0.4, -0.2) is 10.9 Å². The van der Waals surface area contributed by atoms with Gasteiger partial charge in [-0.25, -0.2) is 4.79 Å². The van der Waals surface area contributed by atoms with E-state index in [1.165, 1.54) is 6.08 Å². The summed E-state index contributed by atoms with van der Waals surface area (Å²) in [4.78, 5) is 13.6. The highest BCUT2D eigenvalue weighted by molar-refractivity contribution is 5.74. The second kappa shape index (κ2) is 2.80. The average Bonchev–Trinajstić information content (AvgIpc) is 1.91. The highest BCUT2D eigenvalue weighted by atomic mass is 16.1. The molecule has 1 rings (SSSR count). The van der Waals surface area contributed by atoms with Crippen LogP contribution in [0.15, 0.2) is 24.5 Å². The molecule has 2 heteroatoms. The average molecular weight is 119 g/mol. The molecule has 0 radical (unpaired) electrons. The number of nitrogens with zero attached hydrogens (tertiary/aromatic N) is 1. The summed E-state index contributed by atoms with van der Waals surface area (Å²) in [6.45, 7) is 0. The van der Waals surface area contributed by atoms with Crippen LogP contribution < -0.4 is 0 Å². The summed E-state index contributed by atoms with van der Waals surface area (Å²) in [6.07, 6.45) is 4.62. The van der Waals surface area contributed by atoms with Crippen molar-refractivity contribution in [2.75, 3.05) is 0 Å². The van der Waals surface area contributed by atoms with Crippen LogP contribution >= 0.6 is 0 Å². The topological polar surface area (TPSA) is 30.0 Å². The van der Waals surface area contributed by atoms with Gasteiger partial charge in [-0.05, 0) is 17.7 Å². The van der Waals surface area contributed by atoms with E-state index in [2.05, 4.69) is 4.98 Å². The number of rotatable bonds is 1. The second-order valence-electron chi connectivity index (χ2n) is 1.54. The van der Waals surface area contributed by atoms with Crippen LogP contribution in [0, 0.1) is 0 Å². The molecule has 9 heavy (non-hydrogen) atoms. The zero-order chi connectivity index (χ0) is 6.53. The molecule has 1 heterocycles. The molecule has 0 fully saturated rings. The first kappa shape index (κ1) is 5.73. The Morgan fingerprint density at radius 2 is 2.11 bits per heavy atom. The number of carbonyl (C=O) groups excluding carboxylic acids is 1. The summed E-state index contributed by atoms with van der Waals surface area (Å²) in [6, 6.07) is 3.48. The van der Waals surface area contributed by atoms with Crippen molar-refractivity contribution < 1.29 is 4.79 Å². The van der Waals surface area contributed by atoms with Crippen LogP contribution in [0.25, 0.3) is 6.08 Å². The first-order valence-electron chi connectivity index (χ1n) is 2.54. The fourth-order valence-corrected chi connectivity index (χ4v) is 0.528. The van der Waals surface area contributed by atoms with Gasteiger partial charge >= 0.3 is 0 Å². The molecule has 0 bridgehead atoms. The zero-order valence-corrected chi connectivity index (χ0v) is 4.74. The van der Waals surface area contributed by atoms with Crippen molar-refractivity contribution in [3.63, 3.8) is 0 Å². The number of hydrogen-bond acceptors (Lipinski definition) is 2. The lowest BCUT2D eigenvalue weighted by molar-refractivity contribution is 0.570. The number of pyridine rings is 1. The van der Waals surface area contributed by atoms with E-state index >= 15 is 0 Å². The predicted molar refractivity (Wildman–Crippen MR) is 34.4 cm³/mol. The monoisotopic (exact) mass is 119 g/mol. The van der Waals surface area contributed by atoms with Gasteiger partial charge in [-0.1, -0.05) is 0 Å². The quantitative estimate of drug-likeness (QED) is 0.514. The van der Waals surface area contributed by atoms with Gasteiger partial charge in [-0.2, -0.15) is 0 Å². The van der Waals surface area contributed by atoms with Crippen LogP contribution in [0.2, 0.25) is 0 Å². The van der Waals surface area contributed by atoms with Gasteiger partial charge in [-0.3, -0.25) is 4.98 Å². The number of hydrogen-bond donors (Lipinski definition) is 0. The molecule has 0 spiro atoms. The van der Waals surface area contributed by atoms with Crippen molar-refractivity contribution in [2.45, 2.75) is 0 Å². The predicted octanol–water partition coefficient (Wildman–Crippen LogP) is 0.926. The third kappa shape index (κ3) is 1.52. The largest absolute Gasteiger partial charge is 0.265 e. The van der Waals surface area contributed by atoms with Crippen LogP contribution in [0.1, 0.15) is 5.56 Å². The van der Waals surface area contributed by atoms with E-state index in [4.69, 9.17) is 0 Å². The van der Waals surface area contributed by atoms with Gasteiger partial charge in [0.2, 0.25) is 0 Å². The summed E-state index contributed by atoms with van der Waals surface area (Å²) < 4.78 is 0. The molecule has 0 atom stereocenters. The lowest BCUT2D eigenvalue weighted by Crippen LogP contribution is -1.71. The van der Waals surface area contributed by atoms with E-state index in [0.29, 0.717) is 0 Å². The van der Waals surface area contributed by atoms with E-state index in [1.54, 1.807) is 30.5 Å². The molecule has 0 saturated heterocycles.